The summed E-state index contributed by atoms with van der Waals surface area (Å²) in [6, 6.07) is 4.98. The highest BCUT2D eigenvalue weighted by molar-refractivity contribution is 7.99. The molecule has 76 heavy (non-hydrogen) atoms. The number of aliphatic hydroxyl groups excluding tert-OH is 2. The molecule has 0 amide bonds. The molecule has 18 atom stereocenters. The number of hydrogen-bond acceptors (Lipinski definition) is 19. The van der Waals surface area contributed by atoms with E-state index < -0.39 is 119 Å². The Hall–Kier alpha value is -3.58. The van der Waals surface area contributed by atoms with Crippen LogP contribution in [0.1, 0.15) is 119 Å². The molecule has 3 aliphatic heterocycles. The second-order valence-corrected chi connectivity index (χ2v) is 23.3. The minimum absolute atomic E-state index is 0.0381. The van der Waals surface area contributed by atoms with Crippen LogP contribution in [-0.4, -0.2) is 185 Å². The summed E-state index contributed by atoms with van der Waals surface area (Å²) in [5.74, 6) is -5.94. The minimum Gasteiger partial charge on any atom is -0.477 e. The Labute approximate surface area is 452 Å². The van der Waals surface area contributed by atoms with Crippen molar-refractivity contribution in [3.63, 3.8) is 0 Å². The molecule has 3 aliphatic rings. The van der Waals surface area contributed by atoms with Gasteiger partial charge in [-0.1, -0.05) is 27.7 Å². The number of cyclic esters (lactones) is 1. The number of pyridine rings is 1. The molecule has 0 aliphatic carbocycles. The molecular formula is C55H87N3O17S. The second kappa shape index (κ2) is 26.6. The number of carboxylic acids is 1. The van der Waals surface area contributed by atoms with E-state index in [1.807, 2.05) is 45.8 Å². The smallest absolute Gasteiger partial charge is 0.341 e. The number of ether oxygens (including phenoxy) is 8. The Bertz CT molecular complexity index is 2370. The number of aromatic carboxylic acids is 1. The van der Waals surface area contributed by atoms with E-state index in [1.54, 1.807) is 70.0 Å². The number of benzene rings is 1. The topological polar surface area (TPSA) is 260 Å². The fraction of sp³-hybridized carbons (Fsp3) is 0.764. The van der Waals surface area contributed by atoms with Gasteiger partial charge in [0.1, 0.15) is 34.8 Å². The van der Waals surface area contributed by atoms with Gasteiger partial charge >= 0.3 is 17.9 Å². The number of esters is 2. The molecule has 2 aromatic rings. The molecule has 5 N–H and O–H groups in total. The third-order valence-corrected chi connectivity index (χ3v) is 17.2. The van der Waals surface area contributed by atoms with Crippen LogP contribution in [-0.2, 0) is 58.8 Å². The van der Waals surface area contributed by atoms with Gasteiger partial charge in [0, 0.05) is 86.3 Å². The minimum atomic E-state index is -2.03. The Morgan fingerprint density at radius 2 is 1.57 bits per heavy atom. The van der Waals surface area contributed by atoms with Crippen molar-refractivity contribution in [1.82, 2.24) is 14.8 Å². The number of ketones is 1. The second-order valence-electron chi connectivity index (χ2n) is 22.1. The standard InChI is InChI=1S/C55H87N3O17S/c1-16-40-55(11,67)47(63)31(5)43(60)29(3)26-53(9,68-14)48(75-52-45(62)39(57(12)13)24-30(4)70-52)32(6)46(33(7)51(66)72-40)74-42-27-54(10,69-15)49(34(8)71-42)73-41(59)20-21-56-22-23-76-35-18-19-36-38(25-35)58(17-2)28-37(44(36)61)50(64)65/h18-19,25,28-34,39-40,42,45-49,52,56,62-63,67H,16-17,20-24,26-27H2,1-15H3,(H,64,65)/t29-,30-,31-,32+,33+,34+,39+,40-,42-,45+,46+,47+,48-,49-,52?,53-,54+,55+/m0/s1. The Morgan fingerprint density at radius 3 is 2.17 bits per heavy atom. The molecule has 20 nitrogen and oxygen atoms in total. The average molecular weight is 1090 g/mol. The first kappa shape index (κ1) is 63.3. The molecular weight excluding hydrogens is 1010 g/mol. The lowest BCUT2D eigenvalue weighted by atomic mass is 9.74. The quantitative estimate of drug-likeness (QED) is 0.0763. The number of aromatic nitrogens is 1. The molecule has 0 radical (unpaired) electrons. The first-order valence-corrected chi connectivity index (χ1v) is 27.7. The Balaban J connectivity index is 1.35. The van der Waals surface area contributed by atoms with Crippen molar-refractivity contribution in [1.29, 1.82) is 0 Å². The van der Waals surface area contributed by atoms with E-state index in [4.69, 9.17) is 37.9 Å². The number of carbonyl (C=O) groups is 4. The van der Waals surface area contributed by atoms with E-state index in [0.717, 1.165) is 4.90 Å². The number of carbonyl (C=O) groups excluding carboxylic acids is 3. The molecule has 1 aromatic heterocycles. The van der Waals surface area contributed by atoms with Crippen molar-refractivity contribution in [2.24, 2.45) is 23.7 Å². The Kier molecular flexibility index (Phi) is 22.1. The fourth-order valence-corrected chi connectivity index (χ4v) is 12.3. The maximum atomic E-state index is 14.6. The lowest BCUT2D eigenvalue weighted by Crippen LogP contribution is -2.61. The lowest BCUT2D eigenvalue weighted by molar-refractivity contribution is -0.320. The number of aryl methyl sites for hydroxylation is 1. The SMILES string of the molecule is CC[C@@H]1OC(=O)[C@H](C)[C@H](O[C@H]2C[C@@](C)(OC)[C@@H](OC(=O)CCNCCSc3ccc4c(=O)c(C(=O)O)cn(CC)c4c3)[C@@H](C)O2)[C@@H](C)[C@H](OC2O[C@@H](C)C[C@@H](N(C)C)[C@H]2O)[C@@](C)(OC)C[C@H](C)C(=O)[C@H](C)[C@@H](O)[C@]1(C)O. The number of aliphatic hydroxyl groups is 3. The molecule has 1 aromatic carbocycles. The van der Waals surface area contributed by atoms with Crippen LogP contribution in [0.4, 0.5) is 0 Å². The first-order valence-electron chi connectivity index (χ1n) is 26.7. The molecule has 4 heterocycles. The van der Waals surface area contributed by atoms with E-state index in [2.05, 4.69) is 5.32 Å². The van der Waals surface area contributed by atoms with Crippen LogP contribution in [0.15, 0.2) is 34.1 Å². The van der Waals surface area contributed by atoms with E-state index >= 15 is 0 Å². The molecule has 0 spiro atoms. The summed E-state index contributed by atoms with van der Waals surface area (Å²) in [6.07, 6.45) is -8.16. The van der Waals surface area contributed by atoms with Crippen LogP contribution >= 0.6 is 11.8 Å². The average Bonchev–Trinajstić information content (AvgIpc) is 3.37. The van der Waals surface area contributed by atoms with Crippen LogP contribution < -0.4 is 10.7 Å². The highest BCUT2D eigenvalue weighted by atomic mass is 32.2. The van der Waals surface area contributed by atoms with E-state index in [9.17, 15) is 44.4 Å². The summed E-state index contributed by atoms with van der Waals surface area (Å²) in [5.41, 5.74) is -4.66. The van der Waals surface area contributed by atoms with Gasteiger partial charge in [0.15, 0.2) is 18.7 Å². The van der Waals surface area contributed by atoms with Gasteiger partial charge in [0.25, 0.3) is 0 Å². The van der Waals surface area contributed by atoms with Crippen LogP contribution in [0.2, 0.25) is 0 Å². The number of likely N-dealkylation sites (N-methyl/N-ethyl adjacent to an activating group) is 1. The van der Waals surface area contributed by atoms with Crippen LogP contribution in [0.25, 0.3) is 10.9 Å². The number of fused-ring (bicyclic) bond motifs is 1. The number of hydrogen-bond donors (Lipinski definition) is 5. The van der Waals surface area contributed by atoms with Gasteiger partial charge in [-0.3, -0.25) is 19.2 Å². The van der Waals surface area contributed by atoms with Crippen LogP contribution in [0, 0.1) is 23.7 Å². The maximum absolute atomic E-state index is 14.6. The molecule has 3 fully saturated rings. The van der Waals surface area contributed by atoms with Crippen molar-refractivity contribution >= 4 is 46.4 Å². The number of thioether (sulfide) groups is 1. The predicted molar refractivity (Wildman–Crippen MR) is 284 cm³/mol. The van der Waals surface area contributed by atoms with Gasteiger partial charge in [-0.05, 0) is 100 Å². The van der Waals surface area contributed by atoms with Crippen molar-refractivity contribution in [2.75, 3.05) is 47.2 Å². The monoisotopic (exact) mass is 1090 g/mol. The van der Waals surface area contributed by atoms with Gasteiger partial charge in [0.05, 0.1) is 54.0 Å². The van der Waals surface area contributed by atoms with Gasteiger partial charge in [0.2, 0.25) is 5.43 Å². The number of rotatable bonds is 18. The molecule has 0 bridgehead atoms. The van der Waals surface area contributed by atoms with E-state index in [0.29, 0.717) is 42.7 Å². The summed E-state index contributed by atoms with van der Waals surface area (Å²) in [4.78, 5) is 69.5. The van der Waals surface area contributed by atoms with Crippen molar-refractivity contribution in [3.8, 4) is 0 Å². The number of nitrogens with zero attached hydrogens (tertiary/aromatic N) is 2. The highest BCUT2D eigenvalue weighted by Crippen LogP contribution is 2.42. The predicted octanol–water partition coefficient (Wildman–Crippen LogP) is 4.80. The normalized spacial score (nSPS) is 37.2. The Morgan fingerprint density at radius 1 is 0.908 bits per heavy atom. The van der Waals surface area contributed by atoms with Crippen LogP contribution in [0.5, 0.6) is 0 Å². The van der Waals surface area contributed by atoms with Crippen molar-refractivity contribution in [3.05, 3.63) is 40.2 Å². The lowest BCUT2D eigenvalue weighted by Gasteiger charge is -2.50. The number of carboxylic acid groups (broad SMARTS) is 1. The van der Waals surface area contributed by atoms with Crippen LogP contribution in [0.3, 0.4) is 0 Å². The zero-order valence-corrected chi connectivity index (χ0v) is 48.0. The van der Waals surface area contributed by atoms with Crippen molar-refractivity contribution < 1.29 is 77.5 Å². The van der Waals surface area contributed by atoms with E-state index in [1.165, 1.54) is 34.3 Å². The summed E-state index contributed by atoms with van der Waals surface area (Å²) in [6.45, 7) is 20.2. The molecule has 21 heteroatoms. The third kappa shape index (κ3) is 14.2. The summed E-state index contributed by atoms with van der Waals surface area (Å²) < 4.78 is 53.0. The number of nitrogens with one attached hydrogen (secondary N) is 1. The largest absolute Gasteiger partial charge is 0.477 e. The van der Waals surface area contributed by atoms with Crippen molar-refractivity contribution in [2.45, 2.75) is 204 Å². The summed E-state index contributed by atoms with van der Waals surface area (Å²) in [5, 5.41) is 48.4. The maximum Gasteiger partial charge on any atom is 0.341 e. The highest BCUT2D eigenvalue weighted by Gasteiger charge is 2.55. The first-order chi connectivity index (χ1) is 35.6. The molecule has 3 saturated heterocycles. The zero-order chi connectivity index (χ0) is 56.8. The third-order valence-electron chi connectivity index (χ3n) is 16.2. The van der Waals surface area contributed by atoms with Gasteiger partial charge in [-0.25, -0.2) is 4.79 Å². The molecule has 430 valence electrons. The van der Waals surface area contributed by atoms with Gasteiger partial charge < -0.3 is 73.1 Å². The molecule has 1 unspecified atom stereocenters. The zero-order valence-electron chi connectivity index (χ0n) is 47.2. The number of Topliss-reactive ketones (excluding diaryl/α,β-unsaturated/α-hetero) is 1. The summed E-state index contributed by atoms with van der Waals surface area (Å²) in [7, 11) is 6.72. The van der Waals surface area contributed by atoms with E-state index in [-0.39, 0.29) is 49.2 Å². The fourth-order valence-electron chi connectivity index (χ4n) is 11.4. The van der Waals surface area contributed by atoms with Gasteiger partial charge in [-0.2, -0.15) is 0 Å². The molecule has 0 saturated carbocycles. The van der Waals surface area contributed by atoms with Gasteiger partial charge in [-0.15, -0.1) is 11.8 Å². The number of methoxy groups -OCH3 is 2. The molecule has 5 rings (SSSR count). The summed E-state index contributed by atoms with van der Waals surface area (Å²) >= 11 is 1.55.